The smallest absolute Gasteiger partial charge is 0.270 e. The summed E-state index contributed by atoms with van der Waals surface area (Å²) in [4.78, 5) is 27.5. The van der Waals surface area contributed by atoms with Gasteiger partial charge in [-0.2, -0.15) is 0 Å². The van der Waals surface area contributed by atoms with Crippen molar-refractivity contribution in [2.45, 2.75) is 6.54 Å². The Morgan fingerprint density at radius 2 is 1.85 bits per heavy atom. The molecule has 0 spiro atoms. The minimum atomic E-state index is -0.150. The van der Waals surface area contributed by atoms with Gasteiger partial charge >= 0.3 is 0 Å². The van der Waals surface area contributed by atoms with Gasteiger partial charge in [0.1, 0.15) is 17.8 Å². The van der Waals surface area contributed by atoms with Gasteiger partial charge in [-0.1, -0.05) is 30.3 Å². The number of hydrogen-bond acceptors (Lipinski definition) is 6. The summed E-state index contributed by atoms with van der Waals surface area (Å²) in [6, 6.07) is 12.3. The molecule has 1 aliphatic rings. The highest BCUT2D eigenvalue weighted by atomic mass is 16.1. The molecule has 0 saturated carbocycles. The SMILES string of the molecule is CN(C)CCNC(=O)c1cc(N2CCN(Cc3ccccc3)CC2)ncn1. The van der Waals surface area contributed by atoms with Crippen molar-refractivity contribution in [3.8, 4) is 0 Å². The summed E-state index contributed by atoms with van der Waals surface area (Å²) < 4.78 is 0. The minimum Gasteiger partial charge on any atom is -0.354 e. The number of rotatable bonds is 7. The fourth-order valence-electron chi connectivity index (χ4n) is 3.10. The monoisotopic (exact) mass is 368 g/mol. The summed E-state index contributed by atoms with van der Waals surface area (Å²) in [5.41, 5.74) is 1.76. The van der Waals surface area contributed by atoms with Crippen LogP contribution in [0.15, 0.2) is 42.7 Å². The van der Waals surface area contributed by atoms with Gasteiger partial charge in [-0.25, -0.2) is 9.97 Å². The van der Waals surface area contributed by atoms with Crippen LogP contribution in [-0.2, 0) is 6.54 Å². The second-order valence-corrected chi connectivity index (χ2v) is 7.07. The highest BCUT2D eigenvalue weighted by Gasteiger charge is 2.19. The van der Waals surface area contributed by atoms with Crippen molar-refractivity contribution in [1.82, 2.24) is 25.1 Å². The number of amides is 1. The molecule has 1 aromatic carbocycles. The Hall–Kier alpha value is -2.51. The van der Waals surface area contributed by atoms with E-state index in [0.717, 1.165) is 45.1 Å². The highest BCUT2D eigenvalue weighted by Crippen LogP contribution is 2.15. The van der Waals surface area contributed by atoms with Crippen LogP contribution >= 0.6 is 0 Å². The van der Waals surface area contributed by atoms with E-state index in [9.17, 15) is 4.79 Å². The zero-order valence-corrected chi connectivity index (χ0v) is 16.1. The third kappa shape index (κ3) is 5.74. The van der Waals surface area contributed by atoms with Crippen molar-refractivity contribution in [1.29, 1.82) is 0 Å². The number of likely N-dealkylation sites (N-methyl/N-ethyl adjacent to an activating group) is 1. The Morgan fingerprint density at radius 3 is 2.56 bits per heavy atom. The lowest BCUT2D eigenvalue weighted by Crippen LogP contribution is -2.46. The number of aromatic nitrogens is 2. The summed E-state index contributed by atoms with van der Waals surface area (Å²) >= 11 is 0. The van der Waals surface area contributed by atoms with Crippen LogP contribution in [0.4, 0.5) is 5.82 Å². The van der Waals surface area contributed by atoms with Crippen molar-refractivity contribution >= 4 is 11.7 Å². The Balaban J connectivity index is 1.53. The van der Waals surface area contributed by atoms with Crippen molar-refractivity contribution in [2.24, 2.45) is 0 Å². The molecule has 27 heavy (non-hydrogen) atoms. The molecule has 1 N–H and O–H groups in total. The molecule has 7 nitrogen and oxygen atoms in total. The maximum Gasteiger partial charge on any atom is 0.270 e. The van der Waals surface area contributed by atoms with Gasteiger partial charge in [0.2, 0.25) is 0 Å². The Kier molecular flexibility index (Phi) is 6.73. The number of carbonyl (C=O) groups is 1. The summed E-state index contributed by atoms with van der Waals surface area (Å²) in [6.07, 6.45) is 1.48. The average Bonchev–Trinajstić information content (AvgIpc) is 2.69. The maximum atomic E-state index is 12.3. The lowest BCUT2D eigenvalue weighted by atomic mass is 10.2. The van der Waals surface area contributed by atoms with Crippen LogP contribution in [0.2, 0.25) is 0 Å². The zero-order chi connectivity index (χ0) is 19.1. The van der Waals surface area contributed by atoms with Gasteiger partial charge in [0.05, 0.1) is 0 Å². The van der Waals surface area contributed by atoms with E-state index in [2.05, 4.69) is 49.4 Å². The second kappa shape index (κ2) is 9.43. The first kappa shape index (κ1) is 19.3. The maximum absolute atomic E-state index is 12.3. The molecule has 0 bridgehead atoms. The molecule has 144 valence electrons. The van der Waals surface area contributed by atoms with Gasteiger partial charge in [-0.3, -0.25) is 9.69 Å². The van der Waals surface area contributed by atoms with Crippen LogP contribution < -0.4 is 10.2 Å². The largest absolute Gasteiger partial charge is 0.354 e. The molecule has 1 saturated heterocycles. The molecule has 1 fully saturated rings. The van der Waals surface area contributed by atoms with Gasteiger partial charge in [0, 0.05) is 51.9 Å². The molecule has 1 amide bonds. The van der Waals surface area contributed by atoms with Gasteiger partial charge in [-0.05, 0) is 19.7 Å². The standard InChI is InChI=1S/C20H28N6O/c1-24(2)9-8-21-20(27)18-14-19(23-16-22-18)26-12-10-25(11-13-26)15-17-6-4-3-5-7-17/h3-7,14,16H,8-13,15H2,1-2H3,(H,21,27). The molecule has 0 atom stereocenters. The van der Waals surface area contributed by atoms with Gasteiger partial charge in [0.15, 0.2) is 0 Å². The predicted molar refractivity (Wildman–Crippen MR) is 107 cm³/mol. The third-order valence-corrected chi connectivity index (χ3v) is 4.68. The number of anilines is 1. The first-order valence-corrected chi connectivity index (χ1v) is 9.38. The Morgan fingerprint density at radius 1 is 1.11 bits per heavy atom. The summed E-state index contributed by atoms with van der Waals surface area (Å²) in [5.74, 6) is 0.672. The van der Waals surface area contributed by atoms with Crippen molar-refractivity contribution in [3.63, 3.8) is 0 Å². The van der Waals surface area contributed by atoms with Crippen LogP contribution in [0.5, 0.6) is 0 Å². The number of carbonyl (C=O) groups excluding carboxylic acids is 1. The first-order valence-electron chi connectivity index (χ1n) is 9.38. The van der Waals surface area contributed by atoms with Crippen LogP contribution in [0.25, 0.3) is 0 Å². The average molecular weight is 368 g/mol. The van der Waals surface area contributed by atoms with E-state index in [4.69, 9.17) is 0 Å². The van der Waals surface area contributed by atoms with Crippen LogP contribution in [0.3, 0.4) is 0 Å². The molecule has 0 unspecified atom stereocenters. The van der Waals surface area contributed by atoms with Crippen molar-refractivity contribution < 1.29 is 4.79 Å². The summed E-state index contributed by atoms with van der Waals surface area (Å²) in [5, 5.41) is 2.90. The molecule has 0 aliphatic carbocycles. The van der Waals surface area contributed by atoms with E-state index >= 15 is 0 Å². The highest BCUT2D eigenvalue weighted by molar-refractivity contribution is 5.92. The number of benzene rings is 1. The first-order chi connectivity index (χ1) is 13.1. The van der Waals surface area contributed by atoms with E-state index in [1.165, 1.54) is 11.9 Å². The zero-order valence-electron chi connectivity index (χ0n) is 16.1. The van der Waals surface area contributed by atoms with E-state index in [1.54, 1.807) is 6.07 Å². The third-order valence-electron chi connectivity index (χ3n) is 4.68. The summed E-state index contributed by atoms with van der Waals surface area (Å²) in [7, 11) is 3.96. The van der Waals surface area contributed by atoms with Gasteiger partial charge < -0.3 is 15.1 Å². The molecular weight excluding hydrogens is 340 g/mol. The van der Waals surface area contributed by atoms with Crippen LogP contribution in [0.1, 0.15) is 16.1 Å². The lowest BCUT2D eigenvalue weighted by molar-refractivity contribution is 0.0946. The normalized spacial score (nSPS) is 15.1. The fourth-order valence-corrected chi connectivity index (χ4v) is 3.10. The quantitative estimate of drug-likeness (QED) is 0.789. The number of nitrogens with zero attached hydrogens (tertiary/aromatic N) is 5. The predicted octanol–water partition coefficient (Wildman–Crippen LogP) is 1.09. The van der Waals surface area contributed by atoms with Crippen molar-refractivity contribution in [3.05, 3.63) is 54.0 Å². The molecule has 7 heteroatoms. The van der Waals surface area contributed by atoms with E-state index in [-0.39, 0.29) is 5.91 Å². The van der Waals surface area contributed by atoms with Gasteiger partial charge in [-0.15, -0.1) is 0 Å². The van der Waals surface area contributed by atoms with Crippen molar-refractivity contribution in [2.75, 3.05) is 58.3 Å². The number of hydrogen-bond donors (Lipinski definition) is 1. The molecule has 3 rings (SSSR count). The topological polar surface area (TPSA) is 64.6 Å². The molecule has 1 aliphatic heterocycles. The van der Waals surface area contributed by atoms with Gasteiger partial charge in [0.25, 0.3) is 5.91 Å². The lowest BCUT2D eigenvalue weighted by Gasteiger charge is -2.35. The number of nitrogens with one attached hydrogen (secondary N) is 1. The second-order valence-electron chi connectivity index (χ2n) is 7.07. The van der Waals surface area contributed by atoms with E-state index < -0.39 is 0 Å². The molecular formula is C20H28N6O. The number of piperazine rings is 1. The molecule has 0 radical (unpaired) electrons. The van der Waals surface area contributed by atoms with E-state index in [0.29, 0.717) is 12.2 Å². The molecule has 1 aromatic heterocycles. The van der Waals surface area contributed by atoms with Crippen LogP contribution in [-0.4, -0.2) is 79.0 Å². The van der Waals surface area contributed by atoms with E-state index in [1.807, 2.05) is 25.1 Å². The molecule has 2 aromatic rings. The summed E-state index contributed by atoms with van der Waals surface area (Å²) in [6.45, 7) is 6.11. The Bertz CT molecular complexity index is 728. The Labute approximate surface area is 161 Å². The molecule has 2 heterocycles. The fraction of sp³-hybridized carbons (Fsp3) is 0.450. The minimum absolute atomic E-state index is 0.150. The van der Waals surface area contributed by atoms with Crippen LogP contribution in [0, 0.1) is 0 Å².